The van der Waals surface area contributed by atoms with Crippen LogP contribution in [0.15, 0.2) is 54.6 Å². The summed E-state index contributed by atoms with van der Waals surface area (Å²) < 4.78 is 0. The summed E-state index contributed by atoms with van der Waals surface area (Å²) in [6.07, 6.45) is 0. The van der Waals surface area contributed by atoms with Crippen LogP contribution in [0.1, 0.15) is 21.5 Å². The Hall–Kier alpha value is -3.17. The van der Waals surface area contributed by atoms with Crippen molar-refractivity contribution in [2.24, 2.45) is 0 Å². The van der Waals surface area contributed by atoms with Gasteiger partial charge in [0.1, 0.15) is 0 Å². The Kier molecular flexibility index (Phi) is 6.18. The van der Waals surface area contributed by atoms with Crippen molar-refractivity contribution < 1.29 is 9.59 Å². The van der Waals surface area contributed by atoms with Gasteiger partial charge in [0, 0.05) is 38.3 Å². The fourth-order valence-corrected chi connectivity index (χ4v) is 3.03. The minimum atomic E-state index is -0.0346. The molecular weight excluding hydrogens is 340 g/mol. The summed E-state index contributed by atoms with van der Waals surface area (Å²) in [7, 11) is 0. The fourth-order valence-electron chi connectivity index (χ4n) is 3.03. The number of hydrogen-bond donors (Lipinski definition) is 1. The number of carbonyl (C=O) groups excluding carboxylic acids is 2. The first kappa shape index (κ1) is 18.6. The van der Waals surface area contributed by atoms with Gasteiger partial charge in [0.05, 0.1) is 18.2 Å². The lowest BCUT2D eigenvalue weighted by Gasteiger charge is -2.34. The zero-order valence-corrected chi connectivity index (χ0v) is 15.1. The third kappa shape index (κ3) is 5.16. The summed E-state index contributed by atoms with van der Waals surface area (Å²) in [5.74, 6) is -0.0432. The fraction of sp³-hybridized carbons (Fsp3) is 0.286. The molecule has 0 saturated carbocycles. The van der Waals surface area contributed by atoms with E-state index in [2.05, 4.69) is 10.2 Å². The summed E-state index contributed by atoms with van der Waals surface area (Å²) in [6, 6.07) is 18.5. The van der Waals surface area contributed by atoms with Crippen molar-refractivity contribution in [2.45, 2.75) is 6.54 Å². The molecule has 2 aromatic carbocycles. The maximum Gasteiger partial charge on any atom is 0.253 e. The number of nitrogens with one attached hydrogen (secondary N) is 1. The maximum atomic E-state index is 12.5. The predicted molar refractivity (Wildman–Crippen MR) is 102 cm³/mol. The van der Waals surface area contributed by atoms with E-state index in [1.54, 1.807) is 29.2 Å². The van der Waals surface area contributed by atoms with E-state index >= 15 is 0 Å². The number of nitriles is 1. The SMILES string of the molecule is N#Cc1ccc(C(=O)N2CCN(CC(=O)NCc3ccccc3)CC2)cc1. The highest BCUT2D eigenvalue weighted by molar-refractivity contribution is 5.94. The van der Waals surface area contributed by atoms with E-state index in [0.29, 0.717) is 50.4 Å². The standard InChI is InChI=1S/C21H22N4O2/c22-14-17-6-8-19(9-7-17)21(27)25-12-10-24(11-13-25)16-20(26)23-15-18-4-2-1-3-5-18/h1-9H,10-13,15-16H2,(H,23,26). The van der Waals surface area contributed by atoms with Crippen molar-refractivity contribution in [1.29, 1.82) is 5.26 Å². The van der Waals surface area contributed by atoms with Gasteiger partial charge in [0.2, 0.25) is 5.91 Å². The van der Waals surface area contributed by atoms with E-state index in [1.807, 2.05) is 36.4 Å². The third-order valence-corrected chi connectivity index (χ3v) is 4.62. The zero-order chi connectivity index (χ0) is 19.1. The first-order valence-electron chi connectivity index (χ1n) is 8.98. The number of nitrogens with zero attached hydrogens (tertiary/aromatic N) is 3. The molecule has 2 amide bonds. The van der Waals surface area contributed by atoms with Crippen molar-refractivity contribution in [2.75, 3.05) is 32.7 Å². The Morgan fingerprint density at radius 3 is 2.26 bits per heavy atom. The number of hydrogen-bond acceptors (Lipinski definition) is 4. The molecule has 6 heteroatoms. The Labute approximate surface area is 159 Å². The molecular formula is C21H22N4O2. The molecule has 0 bridgehead atoms. The molecule has 0 radical (unpaired) electrons. The van der Waals surface area contributed by atoms with E-state index in [9.17, 15) is 9.59 Å². The maximum absolute atomic E-state index is 12.5. The molecule has 1 heterocycles. The minimum absolute atomic E-state index is 0.00859. The van der Waals surface area contributed by atoms with Crippen LogP contribution in [0.25, 0.3) is 0 Å². The molecule has 0 aromatic heterocycles. The number of amides is 2. The normalized spacial score (nSPS) is 14.4. The van der Waals surface area contributed by atoms with Crippen molar-refractivity contribution in [1.82, 2.24) is 15.1 Å². The number of benzene rings is 2. The second kappa shape index (κ2) is 8.97. The minimum Gasteiger partial charge on any atom is -0.351 e. The van der Waals surface area contributed by atoms with Gasteiger partial charge in [-0.3, -0.25) is 14.5 Å². The lowest BCUT2D eigenvalue weighted by atomic mass is 10.1. The second-order valence-corrected chi connectivity index (χ2v) is 6.52. The molecule has 0 atom stereocenters. The van der Waals surface area contributed by atoms with Crippen molar-refractivity contribution >= 4 is 11.8 Å². The van der Waals surface area contributed by atoms with Gasteiger partial charge in [0.25, 0.3) is 5.91 Å². The van der Waals surface area contributed by atoms with Gasteiger partial charge in [0.15, 0.2) is 0 Å². The topological polar surface area (TPSA) is 76.4 Å². The van der Waals surface area contributed by atoms with Gasteiger partial charge in [-0.05, 0) is 29.8 Å². The van der Waals surface area contributed by atoms with Crippen LogP contribution in [-0.2, 0) is 11.3 Å². The highest BCUT2D eigenvalue weighted by Gasteiger charge is 2.23. The predicted octanol–water partition coefficient (Wildman–Crippen LogP) is 1.63. The lowest BCUT2D eigenvalue weighted by Crippen LogP contribution is -2.51. The lowest BCUT2D eigenvalue weighted by molar-refractivity contribution is -0.122. The smallest absolute Gasteiger partial charge is 0.253 e. The van der Waals surface area contributed by atoms with Crippen LogP contribution in [0.4, 0.5) is 0 Å². The van der Waals surface area contributed by atoms with Crippen molar-refractivity contribution in [3.05, 3.63) is 71.3 Å². The Bertz CT molecular complexity index is 820. The summed E-state index contributed by atoms with van der Waals surface area (Å²) >= 11 is 0. The van der Waals surface area contributed by atoms with Gasteiger partial charge in [-0.2, -0.15) is 5.26 Å². The summed E-state index contributed by atoms with van der Waals surface area (Å²) in [5.41, 5.74) is 2.20. The highest BCUT2D eigenvalue weighted by Crippen LogP contribution is 2.10. The molecule has 27 heavy (non-hydrogen) atoms. The van der Waals surface area contributed by atoms with Crippen LogP contribution in [0, 0.1) is 11.3 Å². The molecule has 1 aliphatic heterocycles. The summed E-state index contributed by atoms with van der Waals surface area (Å²) in [4.78, 5) is 28.5. The van der Waals surface area contributed by atoms with Crippen LogP contribution >= 0.6 is 0 Å². The van der Waals surface area contributed by atoms with Gasteiger partial charge < -0.3 is 10.2 Å². The first-order valence-corrected chi connectivity index (χ1v) is 8.98. The van der Waals surface area contributed by atoms with Gasteiger partial charge >= 0.3 is 0 Å². The Morgan fingerprint density at radius 1 is 0.963 bits per heavy atom. The highest BCUT2D eigenvalue weighted by atomic mass is 16.2. The third-order valence-electron chi connectivity index (χ3n) is 4.62. The largest absolute Gasteiger partial charge is 0.351 e. The number of rotatable bonds is 5. The van der Waals surface area contributed by atoms with E-state index in [1.165, 1.54) is 0 Å². The monoisotopic (exact) mass is 362 g/mol. The second-order valence-electron chi connectivity index (χ2n) is 6.52. The molecule has 1 N–H and O–H groups in total. The zero-order valence-electron chi connectivity index (χ0n) is 15.1. The van der Waals surface area contributed by atoms with Gasteiger partial charge in [-0.15, -0.1) is 0 Å². The number of carbonyl (C=O) groups is 2. The first-order chi connectivity index (χ1) is 13.2. The van der Waals surface area contributed by atoms with Crippen LogP contribution in [0.3, 0.4) is 0 Å². The molecule has 2 aromatic rings. The van der Waals surface area contributed by atoms with E-state index in [4.69, 9.17) is 5.26 Å². The average Bonchev–Trinajstić information content (AvgIpc) is 2.73. The van der Waals surface area contributed by atoms with E-state index in [-0.39, 0.29) is 11.8 Å². The number of piperazine rings is 1. The van der Waals surface area contributed by atoms with Crippen LogP contribution in [-0.4, -0.2) is 54.3 Å². The summed E-state index contributed by atoms with van der Waals surface area (Å²) in [5, 5.41) is 11.8. The van der Waals surface area contributed by atoms with Gasteiger partial charge in [-0.25, -0.2) is 0 Å². The molecule has 1 saturated heterocycles. The van der Waals surface area contributed by atoms with Crippen LogP contribution < -0.4 is 5.32 Å². The molecule has 0 spiro atoms. The van der Waals surface area contributed by atoms with Crippen LogP contribution in [0.5, 0.6) is 0 Å². The van der Waals surface area contributed by atoms with E-state index in [0.717, 1.165) is 5.56 Å². The van der Waals surface area contributed by atoms with Crippen LogP contribution in [0.2, 0.25) is 0 Å². The quantitative estimate of drug-likeness (QED) is 0.877. The Morgan fingerprint density at radius 2 is 1.63 bits per heavy atom. The molecule has 0 aliphatic carbocycles. The summed E-state index contributed by atoms with van der Waals surface area (Å²) in [6.45, 7) is 3.37. The molecule has 138 valence electrons. The Balaban J connectivity index is 1.43. The van der Waals surface area contributed by atoms with Crippen molar-refractivity contribution in [3.8, 4) is 6.07 Å². The molecule has 1 fully saturated rings. The molecule has 0 unspecified atom stereocenters. The van der Waals surface area contributed by atoms with E-state index < -0.39 is 0 Å². The molecule has 6 nitrogen and oxygen atoms in total. The average molecular weight is 362 g/mol. The van der Waals surface area contributed by atoms with Crippen molar-refractivity contribution in [3.63, 3.8) is 0 Å². The van der Waals surface area contributed by atoms with Gasteiger partial charge in [-0.1, -0.05) is 30.3 Å². The molecule has 3 rings (SSSR count). The molecule has 1 aliphatic rings.